The number of hydrogen-bond donors (Lipinski definition) is 1. The highest BCUT2D eigenvalue weighted by atomic mass is 32.2. The van der Waals surface area contributed by atoms with E-state index in [1.165, 1.54) is 11.6 Å². The van der Waals surface area contributed by atoms with Crippen LogP contribution in [0.3, 0.4) is 0 Å². The maximum atomic E-state index is 13.2. The smallest absolute Gasteiger partial charge is 0.181 e. The van der Waals surface area contributed by atoms with Crippen molar-refractivity contribution in [2.45, 2.75) is 17.2 Å². The van der Waals surface area contributed by atoms with E-state index in [9.17, 15) is 12.8 Å². The minimum atomic E-state index is -3.58. The summed E-state index contributed by atoms with van der Waals surface area (Å²) in [5, 5.41) is 0. The predicted molar refractivity (Wildman–Crippen MR) is 75.8 cm³/mol. The van der Waals surface area contributed by atoms with Crippen LogP contribution in [-0.4, -0.2) is 14.2 Å². The number of anilines is 1. The average Bonchev–Trinajstić information content (AvgIpc) is 2.39. The summed E-state index contributed by atoms with van der Waals surface area (Å²) < 4.78 is 38.0. The van der Waals surface area contributed by atoms with Gasteiger partial charge in [0.05, 0.1) is 16.3 Å². The molecule has 0 heterocycles. The van der Waals surface area contributed by atoms with E-state index in [1.807, 2.05) is 24.3 Å². The summed E-state index contributed by atoms with van der Waals surface area (Å²) in [6.07, 6.45) is 0.741. The van der Waals surface area contributed by atoms with Crippen LogP contribution >= 0.6 is 0 Å². The van der Waals surface area contributed by atoms with Crippen molar-refractivity contribution in [2.75, 3.05) is 11.5 Å². The Bertz CT molecular complexity index is 771. The Hall–Kier alpha value is -1.88. The van der Waals surface area contributed by atoms with Crippen LogP contribution in [0, 0.1) is 5.82 Å². The molecule has 0 amide bonds. The number of sulfone groups is 1. The fourth-order valence-corrected chi connectivity index (χ4v) is 4.37. The molecule has 2 aromatic rings. The first-order valence-corrected chi connectivity index (χ1v) is 7.98. The molecular formula is C15H14FNO2S. The molecule has 1 atom stereocenters. The molecule has 1 aliphatic rings. The average molecular weight is 291 g/mol. The van der Waals surface area contributed by atoms with Gasteiger partial charge in [-0.3, -0.25) is 0 Å². The van der Waals surface area contributed by atoms with Crippen LogP contribution in [0.1, 0.15) is 17.0 Å². The van der Waals surface area contributed by atoms with Gasteiger partial charge in [0.2, 0.25) is 0 Å². The molecule has 0 bridgehead atoms. The molecule has 1 unspecified atom stereocenters. The highest BCUT2D eigenvalue weighted by molar-refractivity contribution is 7.91. The van der Waals surface area contributed by atoms with Crippen molar-refractivity contribution in [3.63, 3.8) is 0 Å². The molecule has 5 heteroatoms. The molecule has 0 saturated carbocycles. The quantitative estimate of drug-likeness (QED) is 0.884. The van der Waals surface area contributed by atoms with Gasteiger partial charge in [-0.2, -0.15) is 0 Å². The predicted octanol–water partition coefficient (Wildman–Crippen LogP) is 2.52. The summed E-state index contributed by atoms with van der Waals surface area (Å²) in [5.74, 6) is -0.650. The van der Waals surface area contributed by atoms with Gasteiger partial charge in [-0.15, -0.1) is 0 Å². The summed E-state index contributed by atoms with van der Waals surface area (Å²) in [6, 6.07) is 11.2. The normalized spacial score (nSPS) is 17.4. The van der Waals surface area contributed by atoms with E-state index < -0.39 is 15.7 Å². The van der Waals surface area contributed by atoms with E-state index in [0.29, 0.717) is 0 Å². The number of halogens is 1. The third kappa shape index (κ3) is 2.18. The van der Waals surface area contributed by atoms with Crippen LogP contribution in [0.2, 0.25) is 0 Å². The molecule has 0 radical (unpaired) electrons. The van der Waals surface area contributed by atoms with E-state index in [1.54, 1.807) is 0 Å². The Morgan fingerprint density at radius 1 is 1.20 bits per heavy atom. The lowest BCUT2D eigenvalue weighted by Gasteiger charge is -2.29. The summed E-state index contributed by atoms with van der Waals surface area (Å²) in [7, 11) is -3.58. The van der Waals surface area contributed by atoms with Crippen molar-refractivity contribution >= 4 is 15.5 Å². The molecule has 1 aliphatic carbocycles. The second-order valence-electron chi connectivity index (χ2n) is 5.06. The van der Waals surface area contributed by atoms with Gasteiger partial charge in [0.25, 0.3) is 0 Å². The monoisotopic (exact) mass is 291 g/mol. The van der Waals surface area contributed by atoms with E-state index in [-0.39, 0.29) is 22.3 Å². The van der Waals surface area contributed by atoms with Crippen LogP contribution in [-0.2, 0) is 16.3 Å². The van der Waals surface area contributed by atoms with E-state index in [2.05, 4.69) is 0 Å². The Kier molecular flexibility index (Phi) is 3.01. The molecule has 2 N–H and O–H groups in total. The van der Waals surface area contributed by atoms with Crippen molar-refractivity contribution in [1.82, 2.24) is 0 Å². The number of hydrogen-bond acceptors (Lipinski definition) is 3. The highest BCUT2D eigenvalue weighted by Crippen LogP contribution is 2.37. The van der Waals surface area contributed by atoms with Gasteiger partial charge >= 0.3 is 0 Å². The summed E-state index contributed by atoms with van der Waals surface area (Å²) in [4.78, 5) is -0.109. The van der Waals surface area contributed by atoms with Gasteiger partial charge in [0.15, 0.2) is 9.84 Å². The first-order chi connectivity index (χ1) is 9.47. The zero-order chi connectivity index (χ0) is 14.3. The molecular weight excluding hydrogens is 277 g/mol. The highest BCUT2D eigenvalue weighted by Gasteiger charge is 2.31. The Morgan fingerprint density at radius 3 is 2.70 bits per heavy atom. The van der Waals surface area contributed by atoms with Crippen molar-refractivity contribution < 1.29 is 12.8 Å². The van der Waals surface area contributed by atoms with E-state index >= 15 is 0 Å². The molecule has 0 aliphatic heterocycles. The number of nitrogen functional groups attached to an aromatic ring is 1. The van der Waals surface area contributed by atoms with Crippen molar-refractivity contribution in [2.24, 2.45) is 0 Å². The van der Waals surface area contributed by atoms with Crippen LogP contribution < -0.4 is 5.73 Å². The van der Waals surface area contributed by atoms with E-state index in [4.69, 9.17) is 5.73 Å². The van der Waals surface area contributed by atoms with Gasteiger partial charge in [-0.25, -0.2) is 12.8 Å². The van der Waals surface area contributed by atoms with Gasteiger partial charge < -0.3 is 5.73 Å². The molecule has 3 nitrogen and oxygen atoms in total. The van der Waals surface area contributed by atoms with Gasteiger partial charge in [-0.05, 0) is 35.7 Å². The lowest BCUT2D eigenvalue weighted by molar-refractivity contribution is 0.574. The van der Waals surface area contributed by atoms with Crippen molar-refractivity contribution in [3.8, 4) is 0 Å². The topological polar surface area (TPSA) is 60.2 Å². The summed E-state index contributed by atoms with van der Waals surface area (Å²) >= 11 is 0. The first kappa shape index (κ1) is 13.1. The number of benzene rings is 2. The Balaban J connectivity index is 1.90. The molecule has 0 saturated heterocycles. The zero-order valence-electron chi connectivity index (χ0n) is 10.7. The van der Waals surface area contributed by atoms with Crippen molar-refractivity contribution in [3.05, 3.63) is 59.4 Å². The van der Waals surface area contributed by atoms with E-state index in [0.717, 1.165) is 24.1 Å². The largest absolute Gasteiger partial charge is 0.398 e. The van der Waals surface area contributed by atoms with Gasteiger partial charge in [-0.1, -0.05) is 24.3 Å². The fraction of sp³-hybridized carbons (Fsp3) is 0.200. The third-order valence-corrected chi connectivity index (χ3v) is 5.56. The maximum Gasteiger partial charge on any atom is 0.181 e. The molecule has 2 aromatic carbocycles. The number of rotatable bonds is 3. The summed E-state index contributed by atoms with van der Waals surface area (Å²) in [6.45, 7) is 0. The van der Waals surface area contributed by atoms with Crippen LogP contribution in [0.25, 0.3) is 0 Å². The molecule has 0 fully saturated rings. The number of nitrogens with two attached hydrogens (primary N) is 1. The standard InChI is InChI=1S/C15H14FNO2S/c16-12-5-6-14(17)15(8-12)20(18,19)9-11-7-10-3-1-2-4-13(10)11/h1-6,8,11H,7,9,17H2. The second kappa shape index (κ2) is 4.59. The minimum absolute atomic E-state index is 0.0288. The van der Waals surface area contributed by atoms with Crippen molar-refractivity contribution in [1.29, 1.82) is 0 Å². The Labute approximate surface area is 117 Å². The minimum Gasteiger partial charge on any atom is -0.398 e. The van der Waals surface area contributed by atoms with Crippen LogP contribution in [0.15, 0.2) is 47.4 Å². The maximum absolute atomic E-state index is 13.2. The fourth-order valence-electron chi connectivity index (χ4n) is 2.64. The first-order valence-electron chi connectivity index (χ1n) is 6.33. The zero-order valence-corrected chi connectivity index (χ0v) is 11.5. The van der Waals surface area contributed by atoms with Gasteiger partial charge in [0, 0.05) is 5.92 Å². The Morgan fingerprint density at radius 2 is 1.95 bits per heavy atom. The molecule has 0 spiro atoms. The molecule has 3 rings (SSSR count). The number of fused-ring (bicyclic) bond motifs is 1. The lowest BCUT2D eigenvalue weighted by Crippen LogP contribution is -2.25. The summed E-state index contributed by atoms with van der Waals surface area (Å²) in [5.41, 5.74) is 8.00. The van der Waals surface area contributed by atoms with Gasteiger partial charge in [0.1, 0.15) is 5.82 Å². The second-order valence-corrected chi connectivity index (χ2v) is 7.07. The molecule has 104 valence electrons. The molecule has 20 heavy (non-hydrogen) atoms. The SMILES string of the molecule is Nc1ccc(F)cc1S(=O)(=O)CC1Cc2ccccc21. The third-order valence-electron chi connectivity index (χ3n) is 3.69. The molecule has 0 aromatic heterocycles. The lowest BCUT2D eigenvalue weighted by atomic mass is 9.79. The van der Waals surface area contributed by atoms with Crippen LogP contribution in [0.4, 0.5) is 10.1 Å². The van der Waals surface area contributed by atoms with Crippen LogP contribution in [0.5, 0.6) is 0 Å².